The van der Waals surface area contributed by atoms with Crippen molar-refractivity contribution in [2.75, 3.05) is 6.61 Å². The third kappa shape index (κ3) is 5.38. The molecule has 0 saturated heterocycles. The van der Waals surface area contributed by atoms with Crippen LogP contribution in [0.1, 0.15) is 48.5 Å². The number of nitrogens with zero attached hydrogens (tertiary/aromatic N) is 2. The number of ether oxygens (including phenoxy) is 1. The number of Topliss-reactive ketones (excluding diaryl/α,β-unsaturated/α-hetero) is 1. The second-order valence-corrected chi connectivity index (χ2v) is 8.35. The highest BCUT2D eigenvalue weighted by molar-refractivity contribution is 8.08. The first kappa shape index (κ1) is 21.5. The van der Waals surface area contributed by atoms with Crippen LogP contribution in [-0.4, -0.2) is 30.6 Å². The molecule has 2 rings (SSSR count). The van der Waals surface area contributed by atoms with Gasteiger partial charge in [-0.1, -0.05) is 56.0 Å². The quantitative estimate of drug-likeness (QED) is 0.157. The van der Waals surface area contributed by atoms with Crippen molar-refractivity contribution >= 4 is 20.7 Å². The topological polar surface area (TPSA) is 96.8 Å². The minimum atomic E-state index is -4.26. The summed E-state index contributed by atoms with van der Waals surface area (Å²) in [7, 11) is -4.26. The summed E-state index contributed by atoms with van der Waals surface area (Å²) < 4.78 is 31.1. The molecule has 0 aromatic heterocycles. The van der Waals surface area contributed by atoms with E-state index in [1.807, 2.05) is 6.92 Å². The van der Waals surface area contributed by atoms with Crippen molar-refractivity contribution in [2.45, 2.75) is 44.4 Å². The number of aryl methyl sites for hydroxylation is 1. The maximum atomic E-state index is 12.7. The molecule has 0 radical (unpaired) electrons. The molecule has 6 nitrogen and oxygen atoms in total. The van der Waals surface area contributed by atoms with E-state index in [0.717, 1.165) is 31.2 Å². The van der Waals surface area contributed by atoms with E-state index in [2.05, 4.69) is 11.7 Å². The first-order valence-electron chi connectivity index (χ1n) is 9.21. The highest BCUT2D eigenvalue weighted by Gasteiger charge is 2.38. The van der Waals surface area contributed by atoms with Gasteiger partial charge in [-0.3, -0.25) is 4.79 Å². The van der Waals surface area contributed by atoms with Crippen molar-refractivity contribution in [3.05, 3.63) is 65.2 Å². The normalized spacial score (nSPS) is 10.9. The molecule has 0 fully saturated rings. The van der Waals surface area contributed by atoms with E-state index in [1.54, 1.807) is 12.1 Å². The Morgan fingerprint density at radius 1 is 1.00 bits per heavy atom. The molecule has 0 bridgehead atoms. The van der Waals surface area contributed by atoms with E-state index in [9.17, 15) is 18.7 Å². The van der Waals surface area contributed by atoms with Crippen LogP contribution in [0.2, 0.25) is 0 Å². The second kappa shape index (κ2) is 9.97. The number of rotatable bonds is 9. The Labute approximate surface area is 165 Å². The molecule has 0 amide bonds. The zero-order valence-electron chi connectivity index (χ0n) is 16.1. The van der Waals surface area contributed by atoms with Crippen LogP contribution in [0.25, 0.3) is 5.53 Å². The van der Waals surface area contributed by atoms with Crippen LogP contribution < -0.4 is 4.74 Å². The summed E-state index contributed by atoms with van der Waals surface area (Å²) in [6.07, 6.45) is 4.31. The van der Waals surface area contributed by atoms with E-state index in [1.165, 1.54) is 36.4 Å². The van der Waals surface area contributed by atoms with E-state index < -0.39 is 20.7 Å². The third-order valence-corrected chi connectivity index (χ3v) is 5.92. The average molecular weight is 401 g/mol. The maximum absolute atomic E-state index is 12.7. The lowest BCUT2D eigenvalue weighted by molar-refractivity contribution is -0.00158. The van der Waals surface area contributed by atoms with Crippen molar-refractivity contribution in [3.63, 3.8) is 0 Å². The zero-order chi connectivity index (χ0) is 20.6. The van der Waals surface area contributed by atoms with Crippen LogP contribution in [-0.2, 0) is 9.84 Å². The Bertz CT molecular complexity index is 958. The third-order valence-electron chi connectivity index (χ3n) is 4.25. The van der Waals surface area contributed by atoms with Gasteiger partial charge in [0.1, 0.15) is 5.75 Å². The molecule has 0 atom stereocenters. The molecule has 0 heterocycles. The van der Waals surface area contributed by atoms with Crippen molar-refractivity contribution in [2.24, 2.45) is 0 Å². The molecular weight excluding hydrogens is 376 g/mol. The molecule has 0 N–H and O–H groups in total. The van der Waals surface area contributed by atoms with Crippen LogP contribution in [0, 0.1) is 6.92 Å². The van der Waals surface area contributed by atoms with E-state index >= 15 is 0 Å². The maximum Gasteiger partial charge on any atom is 0.456 e. The van der Waals surface area contributed by atoms with Crippen LogP contribution in [0.3, 0.4) is 0 Å². The van der Waals surface area contributed by atoms with Crippen molar-refractivity contribution in [1.29, 1.82) is 0 Å². The number of carbonyl (C=O) groups excluding carboxylic acids is 1. The summed E-state index contributed by atoms with van der Waals surface area (Å²) in [6, 6.07) is 12.1. The smallest absolute Gasteiger partial charge is 0.456 e. The summed E-state index contributed by atoms with van der Waals surface area (Å²) in [5.74, 6) is -0.318. The fourth-order valence-corrected chi connectivity index (χ4v) is 3.78. The van der Waals surface area contributed by atoms with Gasteiger partial charge in [0.25, 0.3) is 15.6 Å². The molecule has 0 unspecified atom stereocenters. The molecule has 0 aliphatic rings. The minimum Gasteiger partial charge on any atom is -0.494 e. The van der Waals surface area contributed by atoms with Gasteiger partial charge in [-0.05, 0) is 37.6 Å². The number of benzene rings is 2. The van der Waals surface area contributed by atoms with E-state index in [0.29, 0.717) is 12.4 Å². The molecule has 7 heteroatoms. The fraction of sp³-hybridized carbons (Fsp3) is 0.333. The van der Waals surface area contributed by atoms with Crippen LogP contribution >= 0.6 is 0 Å². The SMILES string of the molecule is CCCCCCOc1ccc(S(=O)(=O)C(=[N+]=[N-])C(=O)c2ccc(C)cc2)cc1. The Morgan fingerprint density at radius 2 is 1.64 bits per heavy atom. The number of hydrogen-bond donors (Lipinski definition) is 0. The lowest BCUT2D eigenvalue weighted by atomic mass is 10.1. The molecular formula is C21H24N2O4S. The second-order valence-electron chi connectivity index (χ2n) is 6.48. The molecule has 0 aliphatic carbocycles. The molecule has 2 aromatic carbocycles. The fourth-order valence-electron chi connectivity index (χ4n) is 2.60. The number of unbranched alkanes of at least 4 members (excludes halogenated alkanes) is 3. The number of sulfone groups is 1. The van der Waals surface area contributed by atoms with Gasteiger partial charge in [0.05, 0.1) is 11.5 Å². The van der Waals surface area contributed by atoms with Crippen molar-refractivity contribution in [1.82, 2.24) is 0 Å². The lowest BCUT2D eigenvalue weighted by Crippen LogP contribution is -2.26. The van der Waals surface area contributed by atoms with E-state index in [-0.39, 0.29) is 10.5 Å². The predicted octanol–water partition coefficient (Wildman–Crippen LogP) is 4.24. The number of hydrogen-bond acceptors (Lipinski definition) is 4. The molecule has 28 heavy (non-hydrogen) atoms. The molecule has 0 spiro atoms. The Kier molecular flexibility index (Phi) is 7.67. The monoisotopic (exact) mass is 400 g/mol. The number of carbonyl (C=O) groups is 1. The van der Waals surface area contributed by atoms with Crippen LogP contribution in [0.5, 0.6) is 5.75 Å². The Balaban J connectivity index is 2.14. The predicted molar refractivity (Wildman–Crippen MR) is 107 cm³/mol. The standard InChI is InChI=1S/C21H24N2O4S/c1-3-4-5-6-15-27-18-11-13-19(14-12-18)28(25,26)21(23-22)20(24)17-9-7-16(2)8-10-17/h7-14H,3-6,15H2,1-2H3. The highest BCUT2D eigenvalue weighted by Crippen LogP contribution is 2.19. The summed E-state index contributed by atoms with van der Waals surface area (Å²) in [6.45, 7) is 4.54. The van der Waals surface area contributed by atoms with Gasteiger partial charge in [0.2, 0.25) is 0 Å². The minimum absolute atomic E-state index is 0.133. The summed E-state index contributed by atoms with van der Waals surface area (Å²) in [5.41, 5.74) is 10.3. The first-order chi connectivity index (χ1) is 13.4. The van der Waals surface area contributed by atoms with Gasteiger partial charge in [-0.15, -0.1) is 4.79 Å². The van der Waals surface area contributed by atoms with Crippen LogP contribution in [0.4, 0.5) is 0 Å². The van der Waals surface area contributed by atoms with Gasteiger partial charge in [-0.2, -0.15) is 0 Å². The zero-order valence-corrected chi connectivity index (χ0v) is 16.9. The molecule has 0 aliphatic heterocycles. The summed E-state index contributed by atoms with van der Waals surface area (Å²) in [5, 5.41) is -0.912. The lowest BCUT2D eigenvalue weighted by Gasteiger charge is -2.07. The summed E-state index contributed by atoms with van der Waals surface area (Å²) >= 11 is 0. The number of ketones is 1. The Hall–Kier alpha value is -2.76. The largest absolute Gasteiger partial charge is 0.494 e. The van der Waals surface area contributed by atoms with E-state index in [4.69, 9.17) is 4.74 Å². The first-order valence-corrected chi connectivity index (χ1v) is 10.7. The van der Waals surface area contributed by atoms with Gasteiger partial charge >= 0.3 is 5.04 Å². The molecule has 2 aromatic rings. The highest BCUT2D eigenvalue weighted by atomic mass is 32.2. The van der Waals surface area contributed by atoms with Crippen molar-refractivity contribution < 1.29 is 22.7 Å². The molecule has 148 valence electrons. The summed E-state index contributed by atoms with van der Waals surface area (Å²) in [4.78, 5) is 15.2. The van der Waals surface area contributed by atoms with Gasteiger partial charge < -0.3 is 10.3 Å². The van der Waals surface area contributed by atoms with Crippen LogP contribution in [0.15, 0.2) is 53.4 Å². The van der Waals surface area contributed by atoms with Gasteiger partial charge in [0, 0.05) is 5.56 Å². The average Bonchev–Trinajstić information content (AvgIpc) is 2.69. The van der Waals surface area contributed by atoms with Gasteiger partial charge in [-0.25, -0.2) is 8.42 Å². The molecule has 0 saturated carbocycles. The Morgan fingerprint density at radius 3 is 2.21 bits per heavy atom. The van der Waals surface area contributed by atoms with Gasteiger partial charge in [0.15, 0.2) is 0 Å². The van der Waals surface area contributed by atoms with Crippen molar-refractivity contribution in [3.8, 4) is 5.75 Å².